The van der Waals surface area contributed by atoms with Crippen molar-refractivity contribution in [1.29, 1.82) is 0 Å². The van der Waals surface area contributed by atoms with Crippen LogP contribution in [0.15, 0.2) is 53.3 Å². The Balaban J connectivity index is 1.55. The van der Waals surface area contributed by atoms with Gasteiger partial charge in [-0.25, -0.2) is 9.78 Å². The Hall–Kier alpha value is -2.20. The fraction of sp³-hybridized carbons (Fsp3) is 0.483. The van der Waals surface area contributed by atoms with Gasteiger partial charge < -0.3 is 18.6 Å². The largest absolute Gasteiger partial charge is 0.445 e. The highest BCUT2D eigenvalue weighted by atomic mass is 79.9. The first-order valence-electron chi connectivity index (χ1n) is 13.3. The first-order valence-corrected chi connectivity index (χ1v) is 17.4. The van der Waals surface area contributed by atoms with Gasteiger partial charge in [0.15, 0.2) is 14.1 Å². The van der Waals surface area contributed by atoms with Crippen LogP contribution in [0.5, 0.6) is 0 Å². The molecule has 0 saturated carbocycles. The van der Waals surface area contributed by atoms with Crippen molar-refractivity contribution in [3.05, 3.63) is 63.9 Å². The van der Waals surface area contributed by atoms with Crippen molar-refractivity contribution in [2.24, 2.45) is 0 Å². The molecule has 4 rings (SSSR count). The van der Waals surface area contributed by atoms with Crippen molar-refractivity contribution in [3.8, 4) is 0 Å². The second-order valence-corrected chi connectivity index (χ2v) is 17.7. The predicted octanol–water partition coefficient (Wildman–Crippen LogP) is 7.60. The Morgan fingerprint density at radius 1 is 1.15 bits per heavy atom. The number of hydrogen-bond acceptors (Lipinski definition) is 5. The van der Waals surface area contributed by atoms with Crippen molar-refractivity contribution in [2.45, 2.75) is 83.5 Å². The second kappa shape index (κ2) is 12.1. The van der Waals surface area contributed by atoms with E-state index in [0.29, 0.717) is 17.1 Å². The van der Waals surface area contributed by atoms with Gasteiger partial charge in [-0.1, -0.05) is 62.7 Å². The molecule has 0 N–H and O–H groups in total. The molecule has 1 aliphatic heterocycles. The van der Waals surface area contributed by atoms with Gasteiger partial charge in [0.1, 0.15) is 12.1 Å². The van der Waals surface area contributed by atoms with E-state index in [9.17, 15) is 9.59 Å². The molecule has 3 aromatic rings. The Bertz CT molecular complexity index is 1330. The van der Waals surface area contributed by atoms with Gasteiger partial charge in [-0.05, 0) is 64.6 Å². The molecular weight excluding hydrogens is 598 g/mol. The first-order chi connectivity index (χ1) is 18.4. The monoisotopic (exact) mass is 633 g/mol. The van der Waals surface area contributed by atoms with Crippen molar-refractivity contribution < 1.29 is 18.8 Å². The fourth-order valence-corrected chi connectivity index (χ4v) is 6.59. The summed E-state index contributed by atoms with van der Waals surface area (Å²) in [6.45, 7) is 11.8. The summed E-state index contributed by atoms with van der Waals surface area (Å²) >= 11 is 9.82. The van der Waals surface area contributed by atoms with Crippen LogP contribution in [0, 0.1) is 0 Å². The molecule has 0 unspecified atom stereocenters. The summed E-state index contributed by atoms with van der Waals surface area (Å²) in [4.78, 5) is 33.0. The minimum Gasteiger partial charge on any atom is -0.445 e. The Morgan fingerprint density at radius 3 is 2.56 bits per heavy atom. The molecule has 1 aliphatic rings. The van der Waals surface area contributed by atoms with E-state index >= 15 is 0 Å². The molecule has 7 nitrogen and oxygen atoms in total. The predicted molar refractivity (Wildman–Crippen MR) is 160 cm³/mol. The van der Waals surface area contributed by atoms with Gasteiger partial charge in [0.2, 0.25) is 0 Å². The highest BCUT2D eigenvalue weighted by Gasteiger charge is 2.44. The molecule has 39 heavy (non-hydrogen) atoms. The number of carbonyl (C=O) groups is 2. The van der Waals surface area contributed by atoms with E-state index in [1.54, 1.807) is 15.8 Å². The summed E-state index contributed by atoms with van der Waals surface area (Å²) in [5.41, 5.74) is 2.34. The lowest BCUT2D eigenvalue weighted by Crippen LogP contribution is -2.56. The average Bonchev–Trinajstić information content (AvgIpc) is 3.28. The molecular formula is C29H37BrClN3O4Si. The van der Waals surface area contributed by atoms with Crippen LogP contribution in [0.1, 0.15) is 45.6 Å². The Labute approximate surface area is 245 Å². The van der Waals surface area contributed by atoms with Gasteiger partial charge in [-0.2, -0.15) is 0 Å². The van der Waals surface area contributed by atoms with Gasteiger partial charge in [0.25, 0.3) is 0 Å². The van der Waals surface area contributed by atoms with E-state index in [0.717, 1.165) is 28.4 Å². The van der Waals surface area contributed by atoms with Crippen molar-refractivity contribution >= 4 is 58.8 Å². The molecule has 1 fully saturated rings. The molecule has 1 amide bonds. The lowest BCUT2D eigenvalue weighted by Gasteiger charge is -2.46. The van der Waals surface area contributed by atoms with Gasteiger partial charge in [0, 0.05) is 17.4 Å². The molecule has 0 spiro atoms. The number of ether oxygens (including phenoxy) is 1. The molecule has 1 aromatic heterocycles. The van der Waals surface area contributed by atoms with E-state index in [2.05, 4.69) is 54.8 Å². The standard InChI is InChI=1S/C29H37BrClN3O4Si/c1-29(2,3)39(4,5)38-25-12-9-15-34(28(36)37-18-20-10-7-6-8-11-20)24(25)16-21(35)17-33-19-32-27-23(33)14-13-22(30)26(27)31/h6-8,10-11,13-14,19,24-25H,9,12,15-18H2,1-5H3/t24-,25+/m1/s1. The zero-order valence-corrected chi connectivity index (χ0v) is 26.6. The molecule has 10 heteroatoms. The fourth-order valence-electron chi connectivity index (χ4n) is 4.67. The maximum Gasteiger partial charge on any atom is 0.410 e. The Morgan fingerprint density at radius 2 is 1.87 bits per heavy atom. The topological polar surface area (TPSA) is 73.7 Å². The van der Waals surface area contributed by atoms with Crippen LogP contribution in [0.2, 0.25) is 23.2 Å². The number of fused-ring (bicyclic) bond motifs is 1. The minimum absolute atomic E-state index is 0.000915. The maximum atomic E-state index is 13.5. The normalized spacial score (nSPS) is 18.4. The highest BCUT2D eigenvalue weighted by Crippen LogP contribution is 2.39. The molecule has 210 valence electrons. The quantitative estimate of drug-likeness (QED) is 0.239. The Kier molecular flexibility index (Phi) is 9.25. The number of likely N-dealkylation sites (tertiary alicyclic amines) is 1. The zero-order chi connectivity index (χ0) is 28.4. The van der Waals surface area contributed by atoms with Gasteiger partial charge in [-0.3, -0.25) is 4.79 Å². The number of hydrogen-bond donors (Lipinski definition) is 0. The third-order valence-electron chi connectivity index (χ3n) is 7.88. The van der Waals surface area contributed by atoms with Crippen LogP contribution >= 0.6 is 27.5 Å². The summed E-state index contributed by atoms with van der Waals surface area (Å²) in [6, 6.07) is 12.9. The van der Waals surface area contributed by atoms with Crippen LogP contribution in [-0.2, 0) is 27.1 Å². The number of rotatable bonds is 8. The van der Waals surface area contributed by atoms with E-state index in [1.165, 1.54) is 0 Å². The van der Waals surface area contributed by atoms with Gasteiger partial charge in [0.05, 0.1) is 35.6 Å². The number of Topliss-reactive ketones (excluding diaryl/α,β-unsaturated/α-hetero) is 1. The lowest BCUT2D eigenvalue weighted by atomic mass is 9.95. The van der Waals surface area contributed by atoms with Crippen molar-refractivity contribution in [3.63, 3.8) is 0 Å². The summed E-state index contributed by atoms with van der Waals surface area (Å²) < 4.78 is 15.1. The molecule has 1 saturated heterocycles. The molecule has 2 aromatic carbocycles. The van der Waals surface area contributed by atoms with E-state index in [-0.39, 0.29) is 36.5 Å². The number of aromatic nitrogens is 2. The van der Waals surface area contributed by atoms with E-state index in [1.807, 2.05) is 42.5 Å². The molecule has 2 atom stereocenters. The second-order valence-electron chi connectivity index (χ2n) is 11.7. The molecule has 0 bridgehead atoms. The third-order valence-corrected chi connectivity index (χ3v) is 13.7. The zero-order valence-electron chi connectivity index (χ0n) is 23.2. The number of carbonyl (C=O) groups excluding carboxylic acids is 2. The molecule has 0 radical (unpaired) electrons. The number of amides is 1. The average molecular weight is 635 g/mol. The molecule has 2 heterocycles. The van der Waals surface area contributed by atoms with Crippen LogP contribution in [0.3, 0.4) is 0 Å². The van der Waals surface area contributed by atoms with Crippen molar-refractivity contribution in [1.82, 2.24) is 14.5 Å². The highest BCUT2D eigenvalue weighted by molar-refractivity contribution is 9.10. The van der Waals surface area contributed by atoms with Gasteiger partial charge in [-0.15, -0.1) is 0 Å². The van der Waals surface area contributed by atoms with Crippen LogP contribution < -0.4 is 0 Å². The van der Waals surface area contributed by atoms with Crippen LogP contribution in [0.4, 0.5) is 4.79 Å². The van der Waals surface area contributed by atoms with Crippen molar-refractivity contribution in [2.75, 3.05) is 6.54 Å². The number of benzene rings is 2. The van der Waals surface area contributed by atoms with E-state index in [4.69, 9.17) is 20.8 Å². The first kappa shape index (κ1) is 29.8. The van der Waals surface area contributed by atoms with Gasteiger partial charge >= 0.3 is 6.09 Å². The van der Waals surface area contributed by atoms with E-state index < -0.39 is 20.5 Å². The number of ketones is 1. The smallest absolute Gasteiger partial charge is 0.410 e. The summed E-state index contributed by atoms with van der Waals surface area (Å²) in [5, 5.41) is 0.516. The number of halogens is 2. The minimum atomic E-state index is -2.16. The summed E-state index contributed by atoms with van der Waals surface area (Å²) in [5.74, 6) is -0.00932. The lowest BCUT2D eigenvalue weighted by molar-refractivity contribution is -0.122. The SMILES string of the molecule is CC(C)(C)[Si](C)(C)O[C@H]1CCCN(C(=O)OCc2ccccc2)[C@@H]1CC(=O)Cn1cnc2c(Cl)c(Br)ccc21. The summed E-state index contributed by atoms with van der Waals surface area (Å²) in [7, 11) is -2.16. The third kappa shape index (κ3) is 6.93. The van der Waals surface area contributed by atoms with Crippen LogP contribution in [-0.4, -0.2) is 53.3 Å². The number of imidazole rings is 1. The number of piperidine rings is 1. The van der Waals surface area contributed by atoms with Crippen LogP contribution in [0.25, 0.3) is 11.0 Å². The molecule has 0 aliphatic carbocycles. The summed E-state index contributed by atoms with van der Waals surface area (Å²) in [6.07, 6.45) is 2.75. The number of nitrogens with zero attached hydrogens (tertiary/aromatic N) is 3. The maximum absolute atomic E-state index is 13.5.